The fourth-order valence-corrected chi connectivity index (χ4v) is 3.78. The van der Waals surface area contributed by atoms with Crippen molar-refractivity contribution in [2.45, 2.75) is 44.5 Å². The molecule has 164 valence electrons. The Hall–Kier alpha value is -2.90. The summed E-state index contributed by atoms with van der Waals surface area (Å²) in [6.45, 7) is 0.460. The molecule has 1 amide bonds. The molecular weight excluding hydrogens is 412 g/mol. The maximum atomic E-state index is 13.5. The maximum absolute atomic E-state index is 13.5. The van der Waals surface area contributed by atoms with Crippen molar-refractivity contribution in [1.82, 2.24) is 4.90 Å². The van der Waals surface area contributed by atoms with Gasteiger partial charge in [-0.3, -0.25) is 4.79 Å². The summed E-state index contributed by atoms with van der Waals surface area (Å²) in [5, 5.41) is 4.05. The van der Waals surface area contributed by atoms with Gasteiger partial charge in [0.1, 0.15) is 5.82 Å². The van der Waals surface area contributed by atoms with Crippen LogP contribution in [0.25, 0.3) is 0 Å². The highest BCUT2D eigenvalue weighted by Crippen LogP contribution is 2.31. The standard InChI is InChI=1S/C23H22F4N2O2/c24-19-6-2-5-17(11-19)21-12-20(31-28-21)14-29(22(30)16-3-1-4-16)13-15-7-9-18(10-8-15)23(25,26)27/h2,5-11,16,20H,1,3-4,12-14H2/t20-/m1/s1. The zero-order chi connectivity index (χ0) is 22.0. The van der Waals surface area contributed by atoms with Gasteiger partial charge >= 0.3 is 6.18 Å². The molecule has 8 heteroatoms. The molecule has 4 rings (SSSR count). The Morgan fingerprint density at radius 2 is 1.87 bits per heavy atom. The van der Waals surface area contributed by atoms with Crippen LogP contribution >= 0.6 is 0 Å². The smallest absolute Gasteiger partial charge is 0.390 e. The van der Waals surface area contributed by atoms with Crippen LogP contribution in [0.2, 0.25) is 0 Å². The Bertz CT molecular complexity index is 968. The van der Waals surface area contributed by atoms with E-state index in [9.17, 15) is 22.4 Å². The van der Waals surface area contributed by atoms with Crippen LogP contribution in [0.3, 0.4) is 0 Å². The second-order valence-electron chi connectivity index (χ2n) is 8.02. The summed E-state index contributed by atoms with van der Waals surface area (Å²) in [7, 11) is 0. The zero-order valence-electron chi connectivity index (χ0n) is 16.7. The lowest BCUT2D eigenvalue weighted by molar-refractivity contribution is -0.141. The van der Waals surface area contributed by atoms with Gasteiger partial charge in [0, 0.05) is 24.4 Å². The van der Waals surface area contributed by atoms with Gasteiger partial charge in [-0.1, -0.05) is 35.8 Å². The molecule has 0 radical (unpaired) electrons. The molecule has 1 heterocycles. The molecule has 4 nitrogen and oxygen atoms in total. The van der Waals surface area contributed by atoms with Crippen LogP contribution < -0.4 is 0 Å². The molecule has 0 unspecified atom stereocenters. The highest BCUT2D eigenvalue weighted by atomic mass is 19.4. The second kappa shape index (κ2) is 8.69. The third-order valence-electron chi connectivity index (χ3n) is 5.74. The summed E-state index contributed by atoms with van der Waals surface area (Å²) in [6, 6.07) is 10.9. The lowest BCUT2D eigenvalue weighted by Crippen LogP contribution is -2.42. The van der Waals surface area contributed by atoms with Crippen LogP contribution in [-0.2, 0) is 22.4 Å². The van der Waals surface area contributed by atoms with E-state index < -0.39 is 17.8 Å². The van der Waals surface area contributed by atoms with Gasteiger partial charge in [-0.05, 0) is 42.7 Å². The Labute approximate surface area is 177 Å². The van der Waals surface area contributed by atoms with Gasteiger partial charge in [-0.15, -0.1) is 0 Å². The Balaban J connectivity index is 1.44. The van der Waals surface area contributed by atoms with Crippen LogP contribution in [-0.4, -0.2) is 29.2 Å². The molecular formula is C23H22F4N2O2. The van der Waals surface area contributed by atoms with Crippen LogP contribution in [0.5, 0.6) is 0 Å². The molecule has 2 aromatic rings. The Morgan fingerprint density at radius 3 is 2.48 bits per heavy atom. The molecule has 1 aliphatic carbocycles. The highest BCUT2D eigenvalue weighted by molar-refractivity contribution is 6.01. The van der Waals surface area contributed by atoms with E-state index in [0.717, 1.165) is 31.4 Å². The first-order valence-electron chi connectivity index (χ1n) is 10.2. The third-order valence-corrected chi connectivity index (χ3v) is 5.74. The van der Waals surface area contributed by atoms with Gasteiger partial charge in [-0.2, -0.15) is 13.2 Å². The van der Waals surface area contributed by atoms with Gasteiger partial charge in [0.25, 0.3) is 0 Å². The molecule has 0 N–H and O–H groups in total. The van der Waals surface area contributed by atoms with Crippen LogP contribution in [0.1, 0.15) is 42.4 Å². The van der Waals surface area contributed by atoms with E-state index in [1.165, 1.54) is 24.3 Å². The minimum atomic E-state index is -4.40. The first-order chi connectivity index (χ1) is 14.8. The molecule has 0 aromatic heterocycles. The van der Waals surface area contributed by atoms with Crippen molar-refractivity contribution in [2.24, 2.45) is 11.1 Å². The minimum absolute atomic E-state index is 0.0195. The molecule has 1 fully saturated rings. The summed E-state index contributed by atoms with van der Waals surface area (Å²) in [5.41, 5.74) is 1.13. The van der Waals surface area contributed by atoms with Gasteiger partial charge < -0.3 is 9.74 Å². The zero-order valence-corrected chi connectivity index (χ0v) is 16.7. The number of benzene rings is 2. The molecule has 1 saturated carbocycles. The van der Waals surface area contributed by atoms with Crippen LogP contribution in [0.15, 0.2) is 53.7 Å². The largest absolute Gasteiger partial charge is 0.416 e. The average Bonchev–Trinajstić information content (AvgIpc) is 3.14. The first-order valence-corrected chi connectivity index (χ1v) is 10.2. The summed E-state index contributed by atoms with van der Waals surface area (Å²) < 4.78 is 52.0. The first kappa shape index (κ1) is 21.3. The van der Waals surface area contributed by atoms with Crippen molar-refractivity contribution in [3.05, 3.63) is 71.0 Å². The lowest BCUT2D eigenvalue weighted by Gasteiger charge is -2.32. The van der Waals surface area contributed by atoms with Gasteiger partial charge in [-0.25, -0.2) is 4.39 Å². The van der Waals surface area contributed by atoms with Crippen molar-refractivity contribution in [3.63, 3.8) is 0 Å². The van der Waals surface area contributed by atoms with Crippen molar-refractivity contribution in [1.29, 1.82) is 0 Å². The van der Waals surface area contributed by atoms with E-state index in [4.69, 9.17) is 4.84 Å². The summed E-state index contributed by atoms with van der Waals surface area (Å²) >= 11 is 0. The fourth-order valence-electron chi connectivity index (χ4n) is 3.78. The topological polar surface area (TPSA) is 41.9 Å². The van der Waals surface area contributed by atoms with Crippen molar-refractivity contribution < 1.29 is 27.2 Å². The summed E-state index contributed by atoms with van der Waals surface area (Å²) in [6.07, 6.45) is -1.74. The number of rotatable bonds is 6. The molecule has 0 saturated heterocycles. The normalized spacial score (nSPS) is 18.8. The molecule has 1 aliphatic heterocycles. The van der Waals surface area contributed by atoms with E-state index in [-0.39, 0.29) is 30.7 Å². The average molecular weight is 434 g/mol. The summed E-state index contributed by atoms with van der Waals surface area (Å²) in [5.74, 6) is -0.443. The Kier molecular flexibility index (Phi) is 5.98. The van der Waals surface area contributed by atoms with E-state index in [2.05, 4.69) is 5.16 Å². The number of carbonyl (C=O) groups excluding carboxylic acids is 1. The number of carbonyl (C=O) groups is 1. The summed E-state index contributed by atoms with van der Waals surface area (Å²) in [4.78, 5) is 20.1. The number of nitrogens with zero attached hydrogens (tertiary/aromatic N) is 2. The number of amides is 1. The van der Waals surface area contributed by atoms with E-state index in [0.29, 0.717) is 23.3 Å². The Morgan fingerprint density at radius 1 is 1.13 bits per heavy atom. The van der Waals surface area contributed by atoms with Crippen molar-refractivity contribution >= 4 is 11.6 Å². The van der Waals surface area contributed by atoms with E-state index >= 15 is 0 Å². The molecule has 1 atom stereocenters. The third kappa shape index (κ3) is 5.06. The van der Waals surface area contributed by atoms with Gasteiger partial charge in [0.15, 0.2) is 6.10 Å². The number of oxime groups is 1. The lowest BCUT2D eigenvalue weighted by atomic mass is 9.84. The quantitative estimate of drug-likeness (QED) is 0.589. The van der Waals surface area contributed by atoms with Crippen LogP contribution in [0.4, 0.5) is 17.6 Å². The molecule has 0 bridgehead atoms. The number of hydrogen-bond donors (Lipinski definition) is 0. The van der Waals surface area contributed by atoms with E-state index in [1.54, 1.807) is 17.0 Å². The van der Waals surface area contributed by atoms with Gasteiger partial charge in [0.05, 0.1) is 17.8 Å². The highest BCUT2D eigenvalue weighted by Gasteiger charge is 2.33. The monoisotopic (exact) mass is 434 g/mol. The molecule has 31 heavy (non-hydrogen) atoms. The van der Waals surface area contributed by atoms with Gasteiger partial charge in [0.2, 0.25) is 5.91 Å². The minimum Gasteiger partial charge on any atom is -0.390 e. The SMILES string of the molecule is O=C(C1CCC1)N(Cc1ccc(C(F)(F)F)cc1)C[C@H]1CC(c2cccc(F)c2)=NO1. The van der Waals surface area contributed by atoms with E-state index in [1.807, 2.05) is 0 Å². The molecule has 2 aromatic carbocycles. The second-order valence-corrected chi connectivity index (χ2v) is 8.02. The number of alkyl halides is 3. The molecule has 0 spiro atoms. The van der Waals surface area contributed by atoms with Crippen molar-refractivity contribution in [3.8, 4) is 0 Å². The number of hydrogen-bond acceptors (Lipinski definition) is 3. The maximum Gasteiger partial charge on any atom is 0.416 e. The predicted molar refractivity (Wildman–Crippen MR) is 107 cm³/mol. The predicted octanol–water partition coefficient (Wildman–Crippen LogP) is 5.17. The van der Waals surface area contributed by atoms with Crippen LogP contribution in [0, 0.1) is 11.7 Å². The fraction of sp³-hybridized carbons (Fsp3) is 0.391. The van der Waals surface area contributed by atoms with Crippen molar-refractivity contribution in [2.75, 3.05) is 6.54 Å². The molecule has 2 aliphatic rings. The number of halogens is 4.